The minimum absolute atomic E-state index is 0.497. The van der Waals surface area contributed by atoms with Crippen molar-refractivity contribution in [2.75, 3.05) is 6.54 Å². The van der Waals surface area contributed by atoms with Crippen molar-refractivity contribution in [2.24, 2.45) is 5.10 Å². The second-order valence-electron chi connectivity index (χ2n) is 4.68. The highest BCUT2D eigenvalue weighted by atomic mass is 79.9. The molecule has 120 valence electrons. The molecule has 0 heterocycles. The molecule has 0 fully saturated rings. The van der Waals surface area contributed by atoms with E-state index in [-0.39, 0.29) is 0 Å². The topological polar surface area (TPSA) is 45.7 Å². The van der Waals surface area contributed by atoms with Crippen molar-refractivity contribution >= 4 is 39.5 Å². The van der Waals surface area contributed by atoms with Gasteiger partial charge in [0, 0.05) is 16.6 Å². The highest BCUT2D eigenvalue weighted by Crippen LogP contribution is 2.18. The number of hydrazone groups is 1. The van der Waals surface area contributed by atoms with Crippen molar-refractivity contribution in [3.05, 3.63) is 64.1 Å². The van der Waals surface area contributed by atoms with Gasteiger partial charge in [-0.1, -0.05) is 40.2 Å². The Hall–Kier alpha value is -1.92. The number of halogens is 1. The van der Waals surface area contributed by atoms with Gasteiger partial charge >= 0.3 is 0 Å². The van der Waals surface area contributed by atoms with Crippen molar-refractivity contribution in [1.29, 1.82) is 0 Å². The molecule has 6 heteroatoms. The summed E-state index contributed by atoms with van der Waals surface area (Å²) in [5.74, 6) is 0.773. The average Bonchev–Trinajstić information content (AvgIpc) is 2.56. The molecule has 0 aliphatic heterocycles. The summed E-state index contributed by atoms with van der Waals surface area (Å²) in [7, 11) is 0. The summed E-state index contributed by atoms with van der Waals surface area (Å²) >= 11 is 8.48. The smallest absolute Gasteiger partial charge is 0.186 e. The van der Waals surface area contributed by atoms with Crippen LogP contribution in [0.4, 0.5) is 0 Å². The second-order valence-corrected chi connectivity index (χ2v) is 6.01. The van der Waals surface area contributed by atoms with E-state index in [0.717, 1.165) is 27.9 Å². The van der Waals surface area contributed by atoms with Crippen molar-refractivity contribution in [3.8, 4) is 5.75 Å². The van der Waals surface area contributed by atoms with Gasteiger partial charge in [-0.3, -0.25) is 5.43 Å². The van der Waals surface area contributed by atoms with Crippen LogP contribution >= 0.6 is 28.1 Å². The molecule has 0 amide bonds. The van der Waals surface area contributed by atoms with E-state index >= 15 is 0 Å². The van der Waals surface area contributed by atoms with E-state index in [1.165, 1.54) is 0 Å². The summed E-state index contributed by atoms with van der Waals surface area (Å²) in [6.07, 6.45) is 1.69. The molecular formula is C17H18BrN3OS. The Bertz CT molecular complexity index is 674. The Labute approximate surface area is 150 Å². The molecule has 0 unspecified atom stereocenters. The first-order valence-electron chi connectivity index (χ1n) is 7.22. The largest absolute Gasteiger partial charge is 0.488 e. The number of rotatable bonds is 6. The fourth-order valence-corrected chi connectivity index (χ4v) is 2.28. The zero-order valence-electron chi connectivity index (χ0n) is 12.8. The minimum Gasteiger partial charge on any atom is -0.488 e. The van der Waals surface area contributed by atoms with Gasteiger partial charge in [0.15, 0.2) is 5.11 Å². The summed E-state index contributed by atoms with van der Waals surface area (Å²) < 4.78 is 6.94. The highest BCUT2D eigenvalue weighted by Gasteiger charge is 2.01. The van der Waals surface area contributed by atoms with Gasteiger partial charge in [-0.2, -0.15) is 5.10 Å². The molecule has 23 heavy (non-hydrogen) atoms. The van der Waals surface area contributed by atoms with Gasteiger partial charge in [0.2, 0.25) is 0 Å². The molecule has 0 aliphatic carbocycles. The lowest BCUT2D eigenvalue weighted by Gasteiger charge is -2.09. The van der Waals surface area contributed by atoms with Crippen LogP contribution in [0.25, 0.3) is 0 Å². The van der Waals surface area contributed by atoms with Crippen LogP contribution in [0.1, 0.15) is 18.1 Å². The molecule has 0 radical (unpaired) electrons. The standard InChI is InChI=1S/C17H18BrN3OS/c1-2-19-17(23)21-20-11-14-5-3-4-6-16(14)22-12-13-7-9-15(18)10-8-13/h3-11H,2,12H2,1H3,(H2,19,21,23)/b20-11+. The molecule has 4 nitrogen and oxygen atoms in total. The molecule has 0 bridgehead atoms. The van der Waals surface area contributed by atoms with Gasteiger partial charge in [-0.05, 0) is 49.0 Å². The number of nitrogens with one attached hydrogen (secondary N) is 2. The fraction of sp³-hybridized carbons (Fsp3) is 0.176. The molecule has 0 aromatic heterocycles. The van der Waals surface area contributed by atoms with E-state index in [1.54, 1.807) is 6.21 Å². The Morgan fingerprint density at radius 1 is 1.22 bits per heavy atom. The molecular weight excluding hydrogens is 374 g/mol. The van der Waals surface area contributed by atoms with E-state index in [1.807, 2.05) is 55.5 Å². The summed E-state index contributed by atoms with van der Waals surface area (Å²) in [5.41, 5.74) is 4.76. The van der Waals surface area contributed by atoms with Crippen LogP contribution in [0.2, 0.25) is 0 Å². The summed E-state index contributed by atoms with van der Waals surface area (Å²) in [4.78, 5) is 0. The van der Waals surface area contributed by atoms with Crippen LogP contribution in [0.3, 0.4) is 0 Å². The van der Waals surface area contributed by atoms with E-state index in [0.29, 0.717) is 11.7 Å². The van der Waals surface area contributed by atoms with Crippen molar-refractivity contribution in [2.45, 2.75) is 13.5 Å². The number of benzene rings is 2. The third-order valence-electron chi connectivity index (χ3n) is 2.93. The first kappa shape index (κ1) is 17.4. The molecule has 2 rings (SSSR count). The first-order valence-corrected chi connectivity index (χ1v) is 8.42. The monoisotopic (exact) mass is 391 g/mol. The van der Waals surface area contributed by atoms with Gasteiger partial charge in [-0.15, -0.1) is 0 Å². The van der Waals surface area contributed by atoms with Gasteiger partial charge in [0.25, 0.3) is 0 Å². The van der Waals surface area contributed by atoms with Gasteiger partial charge in [0.1, 0.15) is 12.4 Å². The normalized spacial score (nSPS) is 10.5. The number of para-hydroxylation sites is 1. The van der Waals surface area contributed by atoms with E-state index in [4.69, 9.17) is 17.0 Å². The van der Waals surface area contributed by atoms with Crippen LogP contribution in [-0.2, 0) is 6.61 Å². The summed E-state index contributed by atoms with van der Waals surface area (Å²) in [6, 6.07) is 15.8. The lowest BCUT2D eigenvalue weighted by Crippen LogP contribution is -2.31. The SMILES string of the molecule is CCNC(=S)N/N=C/c1ccccc1OCc1ccc(Br)cc1. The molecule has 2 aromatic carbocycles. The van der Waals surface area contributed by atoms with Gasteiger partial charge in [-0.25, -0.2) is 0 Å². The Morgan fingerprint density at radius 3 is 2.70 bits per heavy atom. The summed E-state index contributed by atoms with van der Waals surface area (Å²) in [5, 5.41) is 7.59. The molecule has 2 N–H and O–H groups in total. The van der Waals surface area contributed by atoms with E-state index in [2.05, 4.69) is 31.8 Å². The second kappa shape index (κ2) is 9.27. The maximum Gasteiger partial charge on any atom is 0.186 e. The van der Waals surface area contributed by atoms with Crippen LogP contribution in [-0.4, -0.2) is 17.9 Å². The number of hydrogen-bond acceptors (Lipinski definition) is 3. The number of hydrogen-bond donors (Lipinski definition) is 2. The number of nitrogens with zero attached hydrogens (tertiary/aromatic N) is 1. The quantitative estimate of drug-likeness (QED) is 0.446. The minimum atomic E-state index is 0.497. The van der Waals surface area contributed by atoms with Crippen LogP contribution in [0, 0.1) is 0 Å². The molecule has 0 saturated carbocycles. The zero-order chi connectivity index (χ0) is 16.5. The van der Waals surface area contributed by atoms with Gasteiger partial charge < -0.3 is 10.1 Å². The van der Waals surface area contributed by atoms with Crippen molar-refractivity contribution in [3.63, 3.8) is 0 Å². The molecule has 0 spiro atoms. The molecule has 0 atom stereocenters. The lowest BCUT2D eigenvalue weighted by molar-refractivity contribution is 0.306. The van der Waals surface area contributed by atoms with E-state index < -0.39 is 0 Å². The highest BCUT2D eigenvalue weighted by molar-refractivity contribution is 9.10. The molecule has 0 aliphatic rings. The molecule has 0 saturated heterocycles. The average molecular weight is 392 g/mol. The Kier molecular flexibility index (Phi) is 7.03. The predicted molar refractivity (Wildman–Crippen MR) is 102 cm³/mol. The van der Waals surface area contributed by atoms with Gasteiger partial charge in [0.05, 0.1) is 6.21 Å². The Morgan fingerprint density at radius 2 is 1.96 bits per heavy atom. The predicted octanol–water partition coefficient (Wildman–Crippen LogP) is 3.85. The molecule has 2 aromatic rings. The third-order valence-corrected chi connectivity index (χ3v) is 3.70. The Balaban J connectivity index is 1.98. The third kappa shape index (κ3) is 6.00. The van der Waals surface area contributed by atoms with Crippen molar-refractivity contribution in [1.82, 2.24) is 10.7 Å². The first-order chi connectivity index (χ1) is 11.2. The maximum absolute atomic E-state index is 5.89. The summed E-state index contributed by atoms with van der Waals surface area (Å²) in [6.45, 7) is 3.23. The van der Waals surface area contributed by atoms with E-state index in [9.17, 15) is 0 Å². The fourth-order valence-electron chi connectivity index (χ4n) is 1.82. The number of ether oxygens (including phenoxy) is 1. The number of thiocarbonyl (C=S) groups is 1. The van der Waals surface area contributed by atoms with Crippen LogP contribution in [0.15, 0.2) is 58.1 Å². The van der Waals surface area contributed by atoms with Crippen LogP contribution in [0.5, 0.6) is 5.75 Å². The van der Waals surface area contributed by atoms with Crippen molar-refractivity contribution < 1.29 is 4.74 Å². The maximum atomic E-state index is 5.89. The lowest BCUT2D eigenvalue weighted by atomic mass is 10.2. The zero-order valence-corrected chi connectivity index (χ0v) is 15.2. The van der Waals surface area contributed by atoms with Crippen LogP contribution < -0.4 is 15.5 Å².